The van der Waals surface area contributed by atoms with Gasteiger partial charge in [0.2, 0.25) is 11.9 Å². The maximum absolute atomic E-state index is 15.1. The van der Waals surface area contributed by atoms with E-state index in [1.54, 1.807) is 25.4 Å². The number of carbonyl (C=O) groups is 2. The van der Waals surface area contributed by atoms with E-state index in [9.17, 15) is 9.59 Å². The van der Waals surface area contributed by atoms with E-state index in [1.165, 1.54) is 25.3 Å². The second kappa shape index (κ2) is 14.6. The molecule has 13 nitrogen and oxygen atoms in total. The number of halogens is 1. The molecule has 2 aliphatic heterocycles. The Morgan fingerprint density at radius 3 is 2.70 bits per heavy atom. The Bertz CT molecular complexity index is 1560. The van der Waals surface area contributed by atoms with E-state index in [2.05, 4.69) is 42.7 Å². The SMILES string of the molecule is CNc1nc(-c2c[nH]c(C(=O)Nc3cccc(F)c3N3CCO[C@@H](CN)C3)n2)cc(N2CC(C(=O)NC3CCCCC3)CCC2C)n1. The third-order valence-electron chi connectivity index (χ3n) is 9.44. The highest BCUT2D eigenvalue weighted by molar-refractivity contribution is 6.04. The lowest BCUT2D eigenvalue weighted by Gasteiger charge is -2.39. The van der Waals surface area contributed by atoms with Crippen molar-refractivity contribution >= 4 is 35.0 Å². The van der Waals surface area contributed by atoms with E-state index < -0.39 is 11.7 Å². The van der Waals surface area contributed by atoms with Gasteiger partial charge in [0.1, 0.15) is 17.3 Å². The molecule has 252 valence electrons. The third kappa shape index (κ3) is 7.49. The first-order valence-electron chi connectivity index (χ1n) is 16.7. The van der Waals surface area contributed by atoms with Crippen molar-refractivity contribution in [3.63, 3.8) is 0 Å². The minimum absolute atomic E-state index is 0.0500. The molecule has 2 saturated heterocycles. The van der Waals surface area contributed by atoms with Crippen LogP contribution < -0.4 is 31.5 Å². The first kappa shape index (κ1) is 32.6. The number of piperidine rings is 1. The summed E-state index contributed by atoms with van der Waals surface area (Å²) in [5.41, 5.74) is 7.37. The molecule has 1 aliphatic carbocycles. The molecule has 2 unspecified atom stereocenters. The second-order valence-corrected chi connectivity index (χ2v) is 12.7. The number of morpholine rings is 1. The molecule has 6 N–H and O–H groups in total. The first-order chi connectivity index (χ1) is 22.8. The van der Waals surface area contributed by atoms with Gasteiger partial charge in [0.25, 0.3) is 5.91 Å². The highest BCUT2D eigenvalue weighted by atomic mass is 19.1. The van der Waals surface area contributed by atoms with Crippen molar-refractivity contribution < 1.29 is 18.7 Å². The third-order valence-corrected chi connectivity index (χ3v) is 9.44. The number of nitrogens with two attached hydrogens (primary N) is 1. The lowest BCUT2D eigenvalue weighted by atomic mass is 9.91. The number of aromatic nitrogens is 4. The predicted octanol–water partition coefficient (Wildman–Crippen LogP) is 3.52. The van der Waals surface area contributed by atoms with Crippen LogP contribution in [0.15, 0.2) is 30.5 Å². The topological polar surface area (TPSA) is 166 Å². The minimum atomic E-state index is -0.522. The van der Waals surface area contributed by atoms with E-state index in [0.717, 1.165) is 25.7 Å². The van der Waals surface area contributed by atoms with Gasteiger partial charge in [-0.1, -0.05) is 25.3 Å². The molecule has 6 rings (SSSR count). The number of hydrogen-bond acceptors (Lipinski definition) is 10. The summed E-state index contributed by atoms with van der Waals surface area (Å²) in [6.07, 6.45) is 8.76. The summed E-state index contributed by atoms with van der Waals surface area (Å²) in [5.74, 6) is 0.153. The van der Waals surface area contributed by atoms with Crippen molar-refractivity contribution in [3.05, 3.63) is 42.1 Å². The number of carbonyl (C=O) groups excluding carboxylic acids is 2. The van der Waals surface area contributed by atoms with E-state index in [-0.39, 0.29) is 41.5 Å². The molecule has 1 saturated carbocycles. The van der Waals surface area contributed by atoms with E-state index in [0.29, 0.717) is 61.6 Å². The Labute approximate surface area is 274 Å². The number of hydrogen-bond donors (Lipinski definition) is 5. The first-order valence-corrected chi connectivity index (χ1v) is 16.7. The molecule has 2 amide bonds. The molecule has 4 heterocycles. The van der Waals surface area contributed by atoms with Crippen LogP contribution in [0.25, 0.3) is 11.4 Å². The number of imidazole rings is 1. The van der Waals surface area contributed by atoms with Crippen LogP contribution in [0.5, 0.6) is 0 Å². The number of rotatable bonds is 9. The molecule has 0 radical (unpaired) electrons. The maximum atomic E-state index is 15.1. The van der Waals surface area contributed by atoms with Crippen LogP contribution in [-0.2, 0) is 9.53 Å². The summed E-state index contributed by atoms with van der Waals surface area (Å²) < 4.78 is 20.7. The zero-order valence-electron chi connectivity index (χ0n) is 27.1. The van der Waals surface area contributed by atoms with Crippen LogP contribution in [0.3, 0.4) is 0 Å². The van der Waals surface area contributed by atoms with Crippen molar-refractivity contribution in [2.75, 3.05) is 60.3 Å². The number of para-hydroxylation sites is 1. The van der Waals surface area contributed by atoms with Crippen molar-refractivity contribution in [3.8, 4) is 11.4 Å². The fourth-order valence-corrected chi connectivity index (χ4v) is 6.78. The molecule has 0 spiro atoms. The van der Waals surface area contributed by atoms with Crippen LogP contribution in [0.1, 0.15) is 62.5 Å². The summed E-state index contributed by atoms with van der Waals surface area (Å²) in [5, 5.41) is 9.15. The van der Waals surface area contributed by atoms with Gasteiger partial charge >= 0.3 is 0 Å². The van der Waals surface area contributed by atoms with Gasteiger partial charge in [-0.25, -0.2) is 14.4 Å². The van der Waals surface area contributed by atoms with Gasteiger partial charge in [-0.05, 0) is 44.7 Å². The Balaban J connectivity index is 1.19. The smallest absolute Gasteiger partial charge is 0.291 e. The number of aromatic amines is 1. The summed E-state index contributed by atoms with van der Waals surface area (Å²) in [6.45, 7) is 4.30. The minimum Gasteiger partial charge on any atom is -0.373 e. The number of nitrogens with zero attached hydrogens (tertiary/aromatic N) is 5. The van der Waals surface area contributed by atoms with E-state index in [1.807, 2.05) is 11.0 Å². The van der Waals surface area contributed by atoms with Crippen molar-refractivity contribution in [2.24, 2.45) is 11.7 Å². The summed E-state index contributed by atoms with van der Waals surface area (Å²) in [4.78, 5) is 47.4. The van der Waals surface area contributed by atoms with Gasteiger partial charge in [0.05, 0.1) is 35.7 Å². The molecule has 3 atom stereocenters. The van der Waals surface area contributed by atoms with Crippen LogP contribution in [0, 0.1) is 11.7 Å². The number of amides is 2. The molecule has 3 aromatic rings. The molecule has 2 aromatic heterocycles. The molecule has 0 bridgehead atoms. The largest absolute Gasteiger partial charge is 0.373 e. The molecular formula is C33H45FN10O3. The van der Waals surface area contributed by atoms with Gasteiger partial charge in [-0.15, -0.1) is 0 Å². The molecule has 3 aliphatic rings. The number of ether oxygens (including phenoxy) is 1. The molecular weight excluding hydrogens is 603 g/mol. The maximum Gasteiger partial charge on any atom is 0.291 e. The summed E-state index contributed by atoms with van der Waals surface area (Å²) in [6, 6.07) is 6.86. The summed E-state index contributed by atoms with van der Waals surface area (Å²) in [7, 11) is 1.74. The number of H-pyrrole nitrogens is 1. The fourth-order valence-electron chi connectivity index (χ4n) is 6.78. The van der Waals surface area contributed by atoms with Crippen LogP contribution >= 0.6 is 0 Å². The lowest BCUT2D eigenvalue weighted by Crippen LogP contribution is -2.49. The highest BCUT2D eigenvalue weighted by Crippen LogP contribution is 2.32. The van der Waals surface area contributed by atoms with Gasteiger partial charge < -0.3 is 41.2 Å². The van der Waals surface area contributed by atoms with E-state index in [4.69, 9.17) is 15.5 Å². The van der Waals surface area contributed by atoms with Crippen LogP contribution in [0.4, 0.5) is 27.5 Å². The average molecular weight is 649 g/mol. The second-order valence-electron chi connectivity index (χ2n) is 12.7. The molecule has 1 aromatic carbocycles. The number of benzene rings is 1. The van der Waals surface area contributed by atoms with Crippen LogP contribution in [-0.4, -0.2) is 89.8 Å². The molecule has 14 heteroatoms. The Morgan fingerprint density at radius 2 is 1.91 bits per heavy atom. The highest BCUT2D eigenvalue weighted by Gasteiger charge is 2.33. The van der Waals surface area contributed by atoms with Gasteiger partial charge in [0, 0.05) is 57.6 Å². The van der Waals surface area contributed by atoms with Gasteiger partial charge in [0.15, 0.2) is 5.82 Å². The van der Waals surface area contributed by atoms with Crippen molar-refractivity contribution in [1.82, 2.24) is 25.3 Å². The lowest BCUT2D eigenvalue weighted by molar-refractivity contribution is -0.126. The van der Waals surface area contributed by atoms with Crippen molar-refractivity contribution in [2.45, 2.75) is 70.1 Å². The monoisotopic (exact) mass is 648 g/mol. The average Bonchev–Trinajstić information content (AvgIpc) is 3.60. The number of nitrogens with one attached hydrogen (secondary N) is 4. The normalized spacial score (nSPS) is 22.2. The number of anilines is 4. The Morgan fingerprint density at radius 1 is 1.09 bits per heavy atom. The Kier molecular flexibility index (Phi) is 10.2. The predicted molar refractivity (Wildman–Crippen MR) is 179 cm³/mol. The Hall–Kier alpha value is -4.30. The molecule has 3 fully saturated rings. The van der Waals surface area contributed by atoms with Crippen LogP contribution in [0.2, 0.25) is 0 Å². The summed E-state index contributed by atoms with van der Waals surface area (Å²) >= 11 is 0. The zero-order valence-corrected chi connectivity index (χ0v) is 27.1. The van der Waals surface area contributed by atoms with Gasteiger partial charge in [-0.2, -0.15) is 4.98 Å². The van der Waals surface area contributed by atoms with Gasteiger partial charge in [-0.3, -0.25) is 9.59 Å². The standard InChI is InChI=1S/C33H45FN10O3/c1-20-11-12-21(31(45)38-22-7-4-3-5-8-22)18-44(20)28-15-26(41-33(36-2)42-28)27-17-37-30(39-27)32(46)40-25-10-6-9-24(34)29(25)43-13-14-47-23(16-35)19-43/h6,9-10,15,17,20-23H,3-5,7-8,11-14,16,18-19,35H2,1-2H3,(H,37,39)(H,38,45)(H,40,46)(H,36,41,42)/t20?,21?,23-/m0/s1. The van der Waals surface area contributed by atoms with Crippen molar-refractivity contribution in [1.29, 1.82) is 0 Å². The van der Waals surface area contributed by atoms with E-state index >= 15 is 4.39 Å². The fraction of sp³-hybridized carbons (Fsp3) is 0.545. The quantitative estimate of drug-likeness (QED) is 0.232. The molecule has 47 heavy (non-hydrogen) atoms. The zero-order chi connectivity index (χ0) is 32.9.